The van der Waals surface area contributed by atoms with E-state index in [4.69, 9.17) is 0 Å². The predicted octanol–water partition coefficient (Wildman–Crippen LogP) is 2.06. The lowest BCUT2D eigenvalue weighted by Crippen LogP contribution is -2.28. The van der Waals surface area contributed by atoms with Crippen LogP contribution in [0.3, 0.4) is 0 Å². The van der Waals surface area contributed by atoms with E-state index >= 15 is 0 Å². The average Bonchev–Trinajstić information content (AvgIpc) is 2.43. The Morgan fingerprint density at radius 3 is 2.55 bits per heavy atom. The molecule has 0 atom stereocenters. The van der Waals surface area contributed by atoms with E-state index in [2.05, 4.69) is 5.32 Å². The van der Waals surface area contributed by atoms with Gasteiger partial charge in [0.05, 0.1) is 10.6 Å². The van der Waals surface area contributed by atoms with Crippen molar-refractivity contribution in [2.45, 2.75) is 24.7 Å². The number of rotatable bonds is 7. The number of hydrogen-bond donors (Lipinski definition) is 1. The molecule has 0 radical (unpaired) electrons. The molecule has 8 heteroatoms. The molecule has 0 amide bonds. The van der Waals surface area contributed by atoms with Crippen molar-refractivity contribution in [3.63, 3.8) is 0 Å². The Balaban J connectivity index is 3.21. The summed E-state index contributed by atoms with van der Waals surface area (Å²) >= 11 is 0. The number of sulfonamides is 1. The van der Waals surface area contributed by atoms with Gasteiger partial charge >= 0.3 is 0 Å². The topological polar surface area (TPSA) is 92.5 Å². The molecule has 7 nitrogen and oxygen atoms in total. The molecule has 0 unspecified atom stereocenters. The zero-order valence-electron chi connectivity index (χ0n) is 11.8. The maximum absolute atomic E-state index is 12.4. The van der Waals surface area contributed by atoms with E-state index in [9.17, 15) is 18.5 Å². The van der Waals surface area contributed by atoms with Gasteiger partial charge in [-0.2, -0.15) is 0 Å². The summed E-state index contributed by atoms with van der Waals surface area (Å²) in [5, 5.41) is 13.4. The van der Waals surface area contributed by atoms with Crippen LogP contribution in [0.2, 0.25) is 0 Å². The molecular weight excluding hydrogens is 282 g/mol. The van der Waals surface area contributed by atoms with Gasteiger partial charge in [0.25, 0.3) is 5.69 Å². The van der Waals surface area contributed by atoms with Crippen molar-refractivity contribution in [3.8, 4) is 0 Å². The zero-order chi connectivity index (χ0) is 15.3. The standard InChI is InChI=1S/C12H19N3O4S/c1-4-5-8-14(3)20(18,19)12-7-6-10(15(16)17)9-11(12)13-2/h6-7,9,13H,4-5,8H2,1-3H3. The van der Waals surface area contributed by atoms with Gasteiger partial charge in [-0.25, -0.2) is 12.7 Å². The lowest BCUT2D eigenvalue weighted by atomic mass is 10.3. The maximum Gasteiger partial charge on any atom is 0.271 e. The number of anilines is 1. The molecule has 0 heterocycles. The Morgan fingerprint density at radius 2 is 2.05 bits per heavy atom. The lowest BCUT2D eigenvalue weighted by Gasteiger charge is -2.18. The van der Waals surface area contributed by atoms with Crippen molar-refractivity contribution in [2.24, 2.45) is 0 Å². The van der Waals surface area contributed by atoms with E-state index in [-0.39, 0.29) is 16.3 Å². The van der Waals surface area contributed by atoms with Crippen LogP contribution in [-0.4, -0.2) is 38.3 Å². The highest BCUT2D eigenvalue weighted by Crippen LogP contribution is 2.28. The molecule has 1 aromatic rings. The Morgan fingerprint density at radius 1 is 1.40 bits per heavy atom. The van der Waals surface area contributed by atoms with Gasteiger partial charge in [0, 0.05) is 32.8 Å². The molecule has 0 saturated carbocycles. The number of nitro groups is 1. The minimum absolute atomic E-state index is 0.0456. The van der Waals surface area contributed by atoms with Gasteiger partial charge in [-0.3, -0.25) is 10.1 Å². The molecule has 1 aromatic carbocycles. The molecule has 112 valence electrons. The number of nitrogens with zero attached hydrogens (tertiary/aromatic N) is 2. The molecule has 0 fully saturated rings. The second-order valence-corrected chi connectivity index (χ2v) is 6.38. The molecule has 0 aliphatic carbocycles. The van der Waals surface area contributed by atoms with Gasteiger partial charge in [0.15, 0.2) is 0 Å². The van der Waals surface area contributed by atoms with E-state index in [0.29, 0.717) is 6.54 Å². The van der Waals surface area contributed by atoms with Crippen LogP contribution >= 0.6 is 0 Å². The van der Waals surface area contributed by atoms with Gasteiger partial charge in [-0.05, 0) is 12.5 Å². The molecule has 0 bridgehead atoms. The third kappa shape index (κ3) is 3.45. The molecule has 0 aliphatic heterocycles. The Bertz CT molecular complexity index is 586. The van der Waals surface area contributed by atoms with Gasteiger partial charge in [-0.1, -0.05) is 13.3 Å². The highest BCUT2D eigenvalue weighted by molar-refractivity contribution is 7.89. The maximum atomic E-state index is 12.4. The summed E-state index contributed by atoms with van der Waals surface area (Å²) in [7, 11) is -0.611. The van der Waals surface area contributed by atoms with Gasteiger partial charge in [0.1, 0.15) is 4.90 Å². The summed E-state index contributed by atoms with van der Waals surface area (Å²) in [6, 6.07) is 3.68. The predicted molar refractivity (Wildman–Crippen MR) is 77.4 cm³/mol. The highest BCUT2D eigenvalue weighted by Gasteiger charge is 2.24. The molecule has 20 heavy (non-hydrogen) atoms. The van der Waals surface area contributed by atoms with Crippen LogP contribution < -0.4 is 5.32 Å². The van der Waals surface area contributed by atoms with Crippen molar-refractivity contribution >= 4 is 21.4 Å². The first-order valence-corrected chi connectivity index (χ1v) is 7.71. The first-order valence-electron chi connectivity index (χ1n) is 6.27. The summed E-state index contributed by atoms with van der Waals surface area (Å²) < 4.78 is 26.1. The van der Waals surface area contributed by atoms with Crippen LogP contribution in [0, 0.1) is 10.1 Å². The van der Waals surface area contributed by atoms with Crippen LogP contribution in [0.4, 0.5) is 11.4 Å². The Labute approximate surface area is 118 Å². The number of nitrogens with one attached hydrogen (secondary N) is 1. The number of non-ortho nitro benzene ring substituents is 1. The monoisotopic (exact) mass is 301 g/mol. The van der Waals surface area contributed by atoms with Crippen LogP contribution in [0.15, 0.2) is 23.1 Å². The Hall–Kier alpha value is -1.67. The molecule has 0 spiro atoms. The minimum Gasteiger partial charge on any atom is -0.387 e. The number of hydrogen-bond acceptors (Lipinski definition) is 5. The van der Waals surface area contributed by atoms with Crippen LogP contribution in [0.5, 0.6) is 0 Å². The lowest BCUT2D eigenvalue weighted by molar-refractivity contribution is -0.384. The molecule has 1 N–H and O–H groups in total. The summed E-state index contributed by atoms with van der Waals surface area (Å²) in [5.74, 6) is 0. The smallest absolute Gasteiger partial charge is 0.271 e. The van der Waals surface area contributed by atoms with Gasteiger partial charge in [-0.15, -0.1) is 0 Å². The zero-order valence-corrected chi connectivity index (χ0v) is 12.6. The third-order valence-corrected chi connectivity index (χ3v) is 4.87. The summed E-state index contributed by atoms with van der Waals surface area (Å²) in [6.45, 7) is 2.39. The fourth-order valence-electron chi connectivity index (χ4n) is 1.72. The second kappa shape index (κ2) is 6.67. The van der Waals surface area contributed by atoms with Crippen molar-refractivity contribution in [1.29, 1.82) is 0 Å². The number of benzene rings is 1. The van der Waals surface area contributed by atoms with Crippen LogP contribution in [0.25, 0.3) is 0 Å². The fourth-order valence-corrected chi connectivity index (χ4v) is 3.10. The summed E-state index contributed by atoms with van der Waals surface area (Å²) in [6.07, 6.45) is 1.65. The minimum atomic E-state index is -3.65. The largest absolute Gasteiger partial charge is 0.387 e. The molecule has 0 aliphatic rings. The van der Waals surface area contributed by atoms with Crippen molar-refractivity contribution < 1.29 is 13.3 Å². The van der Waals surface area contributed by atoms with E-state index < -0.39 is 14.9 Å². The third-order valence-electron chi connectivity index (χ3n) is 2.96. The van der Waals surface area contributed by atoms with E-state index in [1.165, 1.54) is 36.6 Å². The van der Waals surface area contributed by atoms with Crippen molar-refractivity contribution in [2.75, 3.05) is 26.0 Å². The summed E-state index contributed by atoms with van der Waals surface area (Å²) in [5.41, 5.74) is 0.0760. The SMILES string of the molecule is CCCCN(C)S(=O)(=O)c1ccc([N+](=O)[O-])cc1NC. The van der Waals surface area contributed by atoms with E-state index in [1.54, 1.807) is 0 Å². The van der Waals surface area contributed by atoms with Gasteiger partial charge in [0.2, 0.25) is 10.0 Å². The number of unbranched alkanes of at least 4 members (excludes halogenated alkanes) is 1. The van der Waals surface area contributed by atoms with E-state index in [1.807, 2.05) is 6.92 Å². The normalized spacial score (nSPS) is 11.6. The first kappa shape index (κ1) is 16.4. The average molecular weight is 301 g/mol. The highest BCUT2D eigenvalue weighted by atomic mass is 32.2. The van der Waals surface area contributed by atoms with Crippen LogP contribution in [0.1, 0.15) is 19.8 Å². The number of nitro benzene ring substituents is 1. The fraction of sp³-hybridized carbons (Fsp3) is 0.500. The van der Waals surface area contributed by atoms with Gasteiger partial charge < -0.3 is 5.32 Å². The summed E-state index contributed by atoms with van der Waals surface area (Å²) in [4.78, 5) is 10.2. The van der Waals surface area contributed by atoms with E-state index in [0.717, 1.165) is 12.8 Å². The van der Waals surface area contributed by atoms with Crippen molar-refractivity contribution in [1.82, 2.24) is 4.31 Å². The molecule has 0 aromatic heterocycles. The quantitative estimate of drug-likeness (QED) is 0.614. The molecule has 1 rings (SSSR count). The van der Waals surface area contributed by atoms with Crippen molar-refractivity contribution in [3.05, 3.63) is 28.3 Å². The second-order valence-electron chi connectivity index (χ2n) is 4.37. The molecular formula is C12H19N3O4S. The molecule has 0 saturated heterocycles. The Kier molecular flexibility index (Phi) is 5.46. The first-order chi connectivity index (χ1) is 9.34. The van der Waals surface area contributed by atoms with Crippen LogP contribution in [-0.2, 0) is 10.0 Å².